The van der Waals surface area contributed by atoms with Crippen LogP contribution in [-0.2, 0) is 9.53 Å². The monoisotopic (exact) mass is 471 g/mol. The number of carbonyl (C=O) groups is 1. The van der Waals surface area contributed by atoms with E-state index in [9.17, 15) is 4.79 Å². The van der Waals surface area contributed by atoms with Gasteiger partial charge >= 0.3 is 5.97 Å². The number of ether oxygens (including phenoxy) is 1. The topological polar surface area (TPSA) is 26.3 Å². The second-order valence-electron chi connectivity index (χ2n) is 7.58. The SMILES string of the molecule is CC1(C(=O)OC[C@@H]2CCC[N+]3(C)CCCC[C@H]23)CC1Br.[I-]. The van der Waals surface area contributed by atoms with Crippen molar-refractivity contribution in [3.8, 4) is 0 Å². The fraction of sp³-hybridized carbons (Fsp3) is 0.938. The van der Waals surface area contributed by atoms with Crippen LogP contribution in [0.15, 0.2) is 0 Å². The molecular weight excluding hydrogens is 445 g/mol. The van der Waals surface area contributed by atoms with Gasteiger partial charge in [0, 0.05) is 17.2 Å². The van der Waals surface area contributed by atoms with E-state index in [1.165, 1.54) is 49.7 Å². The Morgan fingerprint density at radius 3 is 2.62 bits per heavy atom. The summed E-state index contributed by atoms with van der Waals surface area (Å²) in [6.45, 7) is 5.29. The van der Waals surface area contributed by atoms with E-state index in [-0.39, 0.29) is 35.4 Å². The first-order valence-corrected chi connectivity index (χ1v) is 9.03. The van der Waals surface area contributed by atoms with E-state index in [1.54, 1.807) is 0 Å². The van der Waals surface area contributed by atoms with Crippen LogP contribution in [0.5, 0.6) is 0 Å². The highest BCUT2D eigenvalue weighted by Gasteiger charge is 2.56. The van der Waals surface area contributed by atoms with Crippen molar-refractivity contribution in [2.45, 2.75) is 56.3 Å². The molecule has 21 heavy (non-hydrogen) atoms. The number of carbonyl (C=O) groups excluding carboxylic acids is 1. The van der Waals surface area contributed by atoms with E-state index in [0.717, 1.165) is 12.5 Å². The fourth-order valence-electron chi connectivity index (χ4n) is 4.30. The summed E-state index contributed by atoms with van der Waals surface area (Å²) in [5, 5.41) is 0. The minimum atomic E-state index is -0.251. The number of rotatable bonds is 3. The Kier molecular flexibility index (Phi) is 5.68. The van der Waals surface area contributed by atoms with Gasteiger partial charge in [-0.2, -0.15) is 0 Å². The molecule has 2 heterocycles. The molecule has 0 bridgehead atoms. The zero-order valence-corrected chi connectivity index (χ0v) is 16.9. The van der Waals surface area contributed by atoms with Crippen molar-refractivity contribution >= 4 is 21.9 Å². The number of piperidine rings is 2. The molecule has 5 atom stereocenters. The van der Waals surface area contributed by atoms with Gasteiger partial charge in [-0.05, 0) is 39.0 Å². The molecule has 0 aromatic rings. The van der Waals surface area contributed by atoms with Gasteiger partial charge in [0.25, 0.3) is 0 Å². The lowest BCUT2D eigenvalue weighted by Gasteiger charge is -2.51. The third-order valence-corrected chi connectivity index (χ3v) is 7.37. The number of hydrogen-bond acceptors (Lipinski definition) is 2. The molecule has 122 valence electrons. The number of alkyl halides is 1. The number of nitrogens with zero attached hydrogens (tertiary/aromatic N) is 1. The van der Waals surface area contributed by atoms with Crippen molar-refractivity contribution in [2.24, 2.45) is 11.3 Å². The zero-order valence-electron chi connectivity index (χ0n) is 13.1. The summed E-state index contributed by atoms with van der Waals surface area (Å²) >= 11 is 3.53. The fourth-order valence-corrected chi connectivity index (χ4v) is 5.16. The van der Waals surface area contributed by atoms with Crippen LogP contribution in [-0.4, -0.2) is 48.1 Å². The van der Waals surface area contributed by atoms with Crippen LogP contribution in [0.2, 0.25) is 0 Å². The predicted octanol–water partition coefficient (Wildman–Crippen LogP) is 0.116. The van der Waals surface area contributed by atoms with Gasteiger partial charge < -0.3 is 33.2 Å². The Bertz CT molecular complexity index is 404. The minimum Gasteiger partial charge on any atom is -1.00 e. The second-order valence-corrected chi connectivity index (χ2v) is 8.68. The van der Waals surface area contributed by atoms with Crippen molar-refractivity contribution in [2.75, 3.05) is 26.7 Å². The Balaban J connectivity index is 0.00000161. The highest BCUT2D eigenvalue weighted by molar-refractivity contribution is 9.09. The van der Waals surface area contributed by atoms with Gasteiger partial charge in [-0.3, -0.25) is 4.79 Å². The van der Waals surface area contributed by atoms with E-state index >= 15 is 0 Å². The van der Waals surface area contributed by atoms with Gasteiger partial charge in [-0.1, -0.05) is 15.9 Å². The molecule has 2 aliphatic heterocycles. The van der Waals surface area contributed by atoms with Crippen LogP contribution in [0, 0.1) is 11.3 Å². The number of quaternary nitrogens is 1. The number of hydrogen-bond donors (Lipinski definition) is 0. The maximum Gasteiger partial charge on any atom is 0.312 e. The lowest BCUT2D eigenvalue weighted by Crippen LogP contribution is -3.00. The normalized spacial score (nSPS) is 45.2. The van der Waals surface area contributed by atoms with Gasteiger partial charge in [-0.25, -0.2) is 0 Å². The molecule has 1 saturated carbocycles. The van der Waals surface area contributed by atoms with Gasteiger partial charge in [0.2, 0.25) is 0 Å². The van der Waals surface area contributed by atoms with Crippen molar-refractivity contribution in [3.63, 3.8) is 0 Å². The highest BCUT2D eigenvalue weighted by Crippen LogP contribution is 2.52. The molecule has 0 N–H and O–H groups in total. The summed E-state index contributed by atoms with van der Waals surface area (Å²) in [6, 6.07) is 0.720. The van der Waals surface area contributed by atoms with E-state index < -0.39 is 0 Å². The Labute approximate surface area is 153 Å². The number of esters is 1. The molecule has 0 spiro atoms. The molecule has 0 aromatic heterocycles. The summed E-state index contributed by atoms with van der Waals surface area (Å²) < 4.78 is 6.92. The first-order chi connectivity index (χ1) is 9.46. The molecule has 1 aliphatic carbocycles. The number of fused-ring (bicyclic) bond motifs is 1. The van der Waals surface area contributed by atoms with E-state index in [0.29, 0.717) is 17.4 Å². The molecule has 3 unspecified atom stereocenters. The van der Waals surface area contributed by atoms with Crippen molar-refractivity contribution < 1.29 is 38.0 Å². The molecule has 3 aliphatic rings. The maximum absolute atomic E-state index is 12.2. The average Bonchev–Trinajstić information content (AvgIpc) is 3.04. The Hall–Kier alpha value is 0.640. The third kappa shape index (κ3) is 3.44. The third-order valence-electron chi connectivity index (χ3n) is 6.04. The van der Waals surface area contributed by atoms with Crippen LogP contribution in [0.4, 0.5) is 0 Å². The molecule has 3 fully saturated rings. The van der Waals surface area contributed by atoms with Crippen LogP contribution >= 0.6 is 15.9 Å². The average molecular weight is 472 g/mol. The summed E-state index contributed by atoms with van der Waals surface area (Å²) in [7, 11) is 2.41. The molecule has 3 rings (SSSR count). The standard InChI is InChI=1S/C16H27BrNO2.HI/c1-16(10-14(16)17)15(19)20-11-12-6-5-9-18(2)8-4-3-7-13(12)18;/h12-14H,3-11H2,1-2H3;1H/q+1;/p-1/t12-,13+,14?,16?,18?;/m0./s1. The second kappa shape index (κ2) is 6.63. The van der Waals surface area contributed by atoms with E-state index in [1.807, 2.05) is 6.92 Å². The van der Waals surface area contributed by atoms with Gasteiger partial charge in [0.15, 0.2) is 0 Å². The molecule has 2 saturated heterocycles. The highest BCUT2D eigenvalue weighted by atomic mass is 127. The van der Waals surface area contributed by atoms with Crippen LogP contribution < -0.4 is 24.0 Å². The molecule has 0 amide bonds. The molecular formula is C16H27BrINO2. The molecule has 5 heteroatoms. The first kappa shape index (κ1) is 18.0. The van der Waals surface area contributed by atoms with Crippen LogP contribution in [0.3, 0.4) is 0 Å². The van der Waals surface area contributed by atoms with Crippen LogP contribution in [0.1, 0.15) is 45.4 Å². The van der Waals surface area contributed by atoms with Gasteiger partial charge in [0.05, 0.1) is 38.2 Å². The Morgan fingerprint density at radius 1 is 1.29 bits per heavy atom. The van der Waals surface area contributed by atoms with Crippen molar-refractivity contribution in [1.82, 2.24) is 0 Å². The van der Waals surface area contributed by atoms with Crippen LogP contribution in [0.25, 0.3) is 0 Å². The predicted molar refractivity (Wildman–Crippen MR) is 82.7 cm³/mol. The maximum atomic E-state index is 12.2. The largest absolute Gasteiger partial charge is 1.00 e. The van der Waals surface area contributed by atoms with E-state index in [2.05, 4.69) is 23.0 Å². The Morgan fingerprint density at radius 2 is 1.95 bits per heavy atom. The van der Waals surface area contributed by atoms with Gasteiger partial charge in [-0.15, -0.1) is 0 Å². The first-order valence-electron chi connectivity index (χ1n) is 8.11. The molecule has 0 radical (unpaired) electrons. The quantitative estimate of drug-likeness (QED) is 0.253. The lowest BCUT2D eigenvalue weighted by atomic mass is 9.82. The lowest BCUT2D eigenvalue weighted by molar-refractivity contribution is -0.947. The summed E-state index contributed by atoms with van der Waals surface area (Å²) in [6.07, 6.45) is 7.48. The van der Waals surface area contributed by atoms with Crippen molar-refractivity contribution in [1.29, 1.82) is 0 Å². The smallest absolute Gasteiger partial charge is 0.312 e. The van der Waals surface area contributed by atoms with E-state index in [4.69, 9.17) is 4.74 Å². The summed E-state index contributed by atoms with van der Waals surface area (Å²) in [5.41, 5.74) is -0.251. The zero-order chi connectivity index (χ0) is 14.4. The van der Waals surface area contributed by atoms with Crippen molar-refractivity contribution in [3.05, 3.63) is 0 Å². The summed E-state index contributed by atoms with van der Waals surface area (Å²) in [4.78, 5) is 12.5. The van der Waals surface area contributed by atoms with Gasteiger partial charge in [0.1, 0.15) is 0 Å². The minimum absolute atomic E-state index is 0. The molecule has 0 aromatic carbocycles. The summed E-state index contributed by atoms with van der Waals surface area (Å²) in [5.74, 6) is 0.587. The molecule has 3 nitrogen and oxygen atoms in total. The number of halogens is 2.